The van der Waals surface area contributed by atoms with Gasteiger partial charge in [-0.2, -0.15) is 0 Å². The SMILES string of the molecule is CCC(C)[C@H](NC(=O)[C@H](Cc1c[nH]c2ccccc12)NC(=O)[C@H](CCC(N)=O)NC(C)=O)C(=O)NO. The van der Waals surface area contributed by atoms with Crippen molar-refractivity contribution in [2.45, 2.75) is 64.6 Å². The number of aromatic nitrogens is 1. The number of amides is 5. The Kier molecular flexibility index (Phi) is 10.4. The second-order valence-electron chi connectivity index (χ2n) is 8.73. The number of carbonyl (C=O) groups excluding carboxylic acids is 5. The zero-order valence-electron chi connectivity index (χ0n) is 20.6. The van der Waals surface area contributed by atoms with Crippen LogP contribution < -0.4 is 27.2 Å². The van der Waals surface area contributed by atoms with Gasteiger partial charge in [-0.25, -0.2) is 5.48 Å². The average molecular weight is 503 g/mol. The highest BCUT2D eigenvalue weighted by atomic mass is 16.5. The van der Waals surface area contributed by atoms with Crippen molar-refractivity contribution in [1.29, 1.82) is 0 Å². The van der Waals surface area contributed by atoms with E-state index in [1.807, 2.05) is 31.2 Å². The molecule has 0 saturated heterocycles. The second kappa shape index (κ2) is 13.2. The summed E-state index contributed by atoms with van der Waals surface area (Å²) in [6.45, 7) is 4.80. The normalized spacial score (nSPS) is 14.2. The van der Waals surface area contributed by atoms with Gasteiger partial charge in [0.15, 0.2) is 0 Å². The van der Waals surface area contributed by atoms with Crippen molar-refractivity contribution < 1.29 is 29.2 Å². The molecule has 0 aliphatic rings. The maximum Gasteiger partial charge on any atom is 0.266 e. The van der Waals surface area contributed by atoms with Gasteiger partial charge in [0.1, 0.15) is 18.1 Å². The number of hydroxylamine groups is 1. The van der Waals surface area contributed by atoms with Gasteiger partial charge in [-0.1, -0.05) is 38.5 Å². The number of H-pyrrole nitrogens is 1. The van der Waals surface area contributed by atoms with Crippen LogP contribution in [0.5, 0.6) is 0 Å². The first kappa shape index (κ1) is 28.3. The van der Waals surface area contributed by atoms with Crippen LogP contribution in [-0.4, -0.2) is 57.9 Å². The van der Waals surface area contributed by atoms with Crippen LogP contribution in [0, 0.1) is 5.92 Å². The maximum atomic E-state index is 13.3. The molecule has 1 aromatic carbocycles. The van der Waals surface area contributed by atoms with Crippen molar-refractivity contribution >= 4 is 40.4 Å². The molecule has 2 aromatic rings. The Labute approximate surface area is 208 Å². The number of hydrogen-bond acceptors (Lipinski definition) is 6. The van der Waals surface area contributed by atoms with E-state index in [1.165, 1.54) is 6.92 Å². The van der Waals surface area contributed by atoms with Gasteiger partial charge in [0, 0.05) is 36.9 Å². The van der Waals surface area contributed by atoms with Crippen molar-refractivity contribution in [3.63, 3.8) is 0 Å². The molecule has 196 valence electrons. The number of hydrogen-bond donors (Lipinski definition) is 7. The van der Waals surface area contributed by atoms with Crippen LogP contribution in [0.15, 0.2) is 30.5 Å². The predicted molar refractivity (Wildman–Crippen MR) is 131 cm³/mol. The maximum absolute atomic E-state index is 13.3. The Hall–Kier alpha value is -3.93. The van der Waals surface area contributed by atoms with Crippen LogP contribution in [0.3, 0.4) is 0 Å². The molecule has 12 nitrogen and oxygen atoms in total. The monoisotopic (exact) mass is 502 g/mol. The van der Waals surface area contributed by atoms with E-state index in [1.54, 1.807) is 18.6 Å². The summed E-state index contributed by atoms with van der Waals surface area (Å²) >= 11 is 0. The molecule has 5 amide bonds. The molecular weight excluding hydrogens is 468 g/mol. The Morgan fingerprint density at radius 3 is 2.28 bits per heavy atom. The topological polar surface area (TPSA) is 196 Å². The van der Waals surface area contributed by atoms with Crippen LogP contribution in [0.2, 0.25) is 0 Å². The molecule has 1 aromatic heterocycles. The van der Waals surface area contributed by atoms with E-state index in [-0.39, 0.29) is 25.2 Å². The minimum Gasteiger partial charge on any atom is -0.370 e. The molecule has 0 radical (unpaired) electrons. The summed E-state index contributed by atoms with van der Waals surface area (Å²) in [4.78, 5) is 64.6. The third-order valence-electron chi connectivity index (χ3n) is 6.01. The fourth-order valence-corrected chi connectivity index (χ4v) is 3.83. The minimum atomic E-state index is -1.14. The summed E-state index contributed by atoms with van der Waals surface area (Å²) in [5.74, 6) is -3.57. The molecule has 4 atom stereocenters. The third kappa shape index (κ3) is 7.80. The number of primary amides is 1. The minimum absolute atomic E-state index is 0.0510. The molecule has 0 spiro atoms. The van der Waals surface area contributed by atoms with Crippen LogP contribution in [0.1, 0.15) is 45.6 Å². The fourth-order valence-electron chi connectivity index (χ4n) is 3.83. The van der Waals surface area contributed by atoms with E-state index in [9.17, 15) is 24.0 Å². The highest BCUT2D eigenvalue weighted by molar-refractivity contribution is 5.95. The Morgan fingerprint density at radius 1 is 1.00 bits per heavy atom. The van der Waals surface area contributed by atoms with Gasteiger partial charge < -0.3 is 26.7 Å². The Bertz CT molecular complexity index is 1100. The lowest BCUT2D eigenvalue weighted by Crippen LogP contribution is -2.58. The van der Waals surface area contributed by atoms with Crippen LogP contribution in [0.25, 0.3) is 10.9 Å². The molecule has 1 heterocycles. The largest absolute Gasteiger partial charge is 0.370 e. The standard InChI is InChI=1S/C24H34N6O6/c1-4-13(2)21(24(35)30-36)29-23(34)19(11-15-12-26-17-8-6-5-7-16(15)17)28-22(33)18(27-14(3)31)9-10-20(25)32/h5-8,12-13,18-19,21,26,36H,4,9-11H2,1-3H3,(H2,25,32)(H,27,31)(H,28,33)(H,29,34)(H,30,35)/t13?,18-,19-,21-/m0/s1. The lowest BCUT2D eigenvalue weighted by molar-refractivity contribution is -0.137. The van der Waals surface area contributed by atoms with E-state index in [4.69, 9.17) is 10.9 Å². The molecule has 0 aliphatic heterocycles. The van der Waals surface area contributed by atoms with Crippen LogP contribution in [-0.2, 0) is 30.4 Å². The first-order valence-corrected chi connectivity index (χ1v) is 11.7. The molecular formula is C24H34N6O6. The van der Waals surface area contributed by atoms with Gasteiger partial charge in [-0.05, 0) is 24.0 Å². The lowest BCUT2D eigenvalue weighted by atomic mass is 9.97. The first-order valence-electron chi connectivity index (χ1n) is 11.7. The van der Waals surface area contributed by atoms with Gasteiger partial charge in [-0.3, -0.25) is 29.2 Å². The van der Waals surface area contributed by atoms with Crippen molar-refractivity contribution in [2.75, 3.05) is 0 Å². The summed E-state index contributed by atoms with van der Waals surface area (Å²) < 4.78 is 0. The highest BCUT2D eigenvalue weighted by Crippen LogP contribution is 2.19. The summed E-state index contributed by atoms with van der Waals surface area (Å²) in [6, 6.07) is 4.15. The number of para-hydroxylation sites is 1. The Balaban J connectivity index is 2.34. The lowest BCUT2D eigenvalue weighted by Gasteiger charge is -2.27. The summed E-state index contributed by atoms with van der Waals surface area (Å²) in [6.07, 6.45) is 2.13. The zero-order chi connectivity index (χ0) is 26.8. The second-order valence-corrected chi connectivity index (χ2v) is 8.73. The van der Waals surface area contributed by atoms with Crippen LogP contribution in [0.4, 0.5) is 0 Å². The van der Waals surface area contributed by atoms with E-state index in [2.05, 4.69) is 20.9 Å². The molecule has 8 N–H and O–H groups in total. The molecule has 1 unspecified atom stereocenters. The highest BCUT2D eigenvalue weighted by Gasteiger charge is 2.32. The first-order chi connectivity index (χ1) is 17.1. The van der Waals surface area contributed by atoms with Crippen molar-refractivity contribution in [2.24, 2.45) is 11.7 Å². The number of fused-ring (bicyclic) bond motifs is 1. The molecule has 0 aliphatic carbocycles. The number of benzene rings is 1. The quantitative estimate of drug-likeness (QED) is 0.149. The van der Waals surface area contributed by atoms with Gasteiger partial charge in [0.2, 0.25) is 23.6 Å². The average Bonchev–Trinajstić information content (AvgIpc) is 3.25. The van der Waals surface area contributed by atoms with Crippen molar-refractivity contribution in [3.8, 4) is 0 Å². The predicted octanol–water partition coefficient (Wildman–Crippen LogP) is 0.00170. The number of nitrogens with one attached hydrogen (secondary N) is 5. The number of nitrogens with two attached hydrogens (primary N) is 1. The smallest absolute Gasteiger partial charge is 0.266 e. The van der Waals surface area contributed by atoms with E-state index < -0.39 is 47.7 Å². The van der Waals surface area contributed by atoms with Gasteiger partial charge in [0.05, 0.1) is 0 Å². The number of carbonyl (C=O) groups is 5. The number of rotatable bonds is 13. The Morgan fingerprint density at radius 2 is 1.67 bits per heavy atom. The third-order valence-corrected chi connectivity index (χ3v) is 6.01. The van der Waals surface area contributed by atoms with Crippen molar-refractivity contribution in [1.82, 2.24) is 26.4 Å². The van der Waals surface area contributed by atoms with Gasteiger partial charge in [-0.15, -0.1) is 0 Å². The molecule has 36 heavy (non-hydrogen) atoms. The summed E-state index contributed by atoms with van der Waals surface area (Å²) in [5, 5.41) is 17.7. The van der Waals surface area contributed by atoms with E-state index >= 15 is 0 Å². The molecule has 0 fully saturated rings. The molecule has 2 rings (SSSR count). The fraction of sp³-hybridized carbons (Fsp3) is 0.458. The molecule has 0 saturated carbocycles. The molecule has 0 bridgehead atoms. The van der Waals surface area contributed by atoms with E-state index in [0.29, 0.717) is 6.42 Å². The zero-order valence-corrected chi connectivity index (χ0v) is 20.6. The van der Waals surface area contributed by atoms with Gasteiger partial charge in [0.25, 0.3) is 5.91 Å². The van der Waals surface area contributed by atoms with E-state index in [0.717, 1.165) is 16.5 Å². The van der Waals surface area contributed by atoms with Crippen molar-refractivity contribution in [3.05, 3.63) is 36.0 Å². The molecule has 12 heteroatoms. The van der Waals surface area contributed by atoms with Crippen LogP contribution >= 0.6 is 0 Å². The number of aromatic amines is 1. The summed E-state index contributed by atoms with van der Waals surface area (Å²) in [5.41, 5.74) is 8.34. The van der Waals surface area contributed by atoms with Gasteiger partial charge >= 0.3 is 0 Å². The summed E-state index contributed by atoms with van der Waals surface area (Å²) in [7, 11) is 0.